The zero-order valence-corrected chi connectivity index (χ0v) is 16.2. The Morgan fingerprint density at radius 3 is 2.38 bits per heavy atom. The van der Waals surface area contributed by atoms with Crippen molar-refractivity contribution in [3.8, 4) is 5.75 Å². The van der Waals surface area contributed by atoms with Gasteiger partial charge in [-0.25, -0.2) is 8.78 Å². The van der Waals surface area contributed by atoms with Crippen molar-refractivity contribution in [2.45, 2.75) is 32.8 Å². The second kappa shape index (κ2) is 9.00. The molecule has 2 rings (SSSR count). The Kier molecular flexibility index (Phi) is 7.24. The van der Waals surface area contributed by atoms with Gasteiger partial charge in [-0.2, -0.15) is 0 Å². The van der Waals surface area contributed by atoms with Crippen LogP contribution in [-0.4, -0.2) is 19.0 Å². The lowest BCUT2D eigenvalue weighted by Gasteiger charge is -2.18. The largest absolute Gasteiger partial charge is 0.467 e. The van der Waals surface area contributed by atoms with Crippen LogP contribution in [0.1, 0.15) is 42.0 Å². The molecule has 0 spiro atoms. The van der Waals surface area contributed by atoms with Crippen LogP contribution in [0.25, 0.3) is 0 Å². The maximum absolute atomic E-state index is 15.1. The highest BCUT2D eigenvalue weighted by Crippen LogP contribution is 2.36. The van der Waals surface area contributed by atoms with Crippen LogP contribution in [0, 0.1) is 11.6 Å². The molecule has 3 nitrogen and oxygen atoms in total. The number of aliphatic hydroxyl groups excluding tert-OH is 1. The number of ether oxygens (including phenoxy) is 2. The number of methoxy groups -OCH3 is 1. The normalized spacial score (nSPS) is 11.3. The lowest BCUT2D eigenvalue weighted by atomic mass is 9.95. The molecule has 0 radical (unpaired) electrons. The third-order valence-corrected chi connectivity index (χ3v) is 4.73. The number of rotatable bonds is 7. The Morgan fingerprint density at radius 1 is 1.12 bits per heavy atom. The number of benzene rings is 2. The van der Waals surface area contributed by atoms with Gasteiger partial charge in [0.1, 0.15) is 17.4 Å². The summed E-state index contributed by atoms with van der Waals surface area (Å²) in [6.07, 6.45) is 0.0103. The fraction of sp³-hybridized carbons (Fsp3) is 0.368. The molecule has 0 atom stereocenters. The third kappa shape index (κ3) is 4.29. The van der Waals surface area contributed by atoms with Crippen LogP contribution in [0.15, 0.2) is 18.2 Å². The Hall–Kier alpha value is -1.40. The van der Waals surface area contributed by atoms with Gasteiger partial charge in [-0.1, -0.05) is 43.1 Å². The number of aliphatic hydroxyl groups is 1. The summed E-state index contributed by atoms with van der Waals surface area (Å²) in [4.78, 5) is 0. The van der Waals surface area contributed by atoms with Gasteiger partial charge in [0.2, 0.25) is 0 Å². The number of halogens is 4. The highest BCUT2D eigenvalue weighted by molar-refractivity contribution is 6.36. The van der Waals surface area contributed by atoms with Crippen LogP contribution < -0.4 is 4.74 Å². The summed E-state index contributed by atoms with van der Waals surface area (Å²) >= 11 is 12.2. The van der Waals surface area contributed by atoms with Gasteiger partial charge in [0.25, 0.3) is 0 Å². The van der Waals surface area contributed by atoms with Gasteiger partial charge in [0, 0.05) is 29.7 Å². The summed E-state index contributed by atoms with van der Waals surface area (Å²) in [6, 6.07) is 4.50. The average molecular weight is 405 g/mol. The second-order valence-electron chi connectivity index (χ2n) is 6.11. The van der Waals surface area contributed by atoms with E-state index >= 15 is 4.39 Å². The Morgan fingerprint density at radius 2 is 1.81 bits per heavy atom. The second-order valence-corrected chi connectivity index (χ2v) is 6.90. The Labute approximate surface area is 161 Å². The molecule has 0 saturated carbocycles. The van der Waals surface area contributed by atoms with Crippen molar-refractivity contribution < 1.29 is 23.4 Å². The lowest BCUT2D eigenvalue weighted by molar-refractivity contribution is 0.0499. The smallest absolute Gasteiger partial charge is 0.188 e. The molecule has 0 aromatic heterocycles. The van der Waals surface area contributed by atoms with E-state index in [2.05, 4.69) is 0 Å². The van der Waals surface area contributed by atoms with Crippen LogP contribution >= 0.6 is 23.2 Å². The first kappa shape index (κ1) is 20.9. The summed E-state index contributed by atoms with van der Waals surface area (Å²) in [7, 11) is 1.48. The zero-order valence-electron chi connectivity index (χ0n) is 14.7. The zero-order chi connectivity index (χ0) is 19.4. The van der Waals surface area contributed by atoms with Crippen molar-refractivity contribution in [1.29, 1.82) is 0 Å². The molecule has 26 heavy (non-hydrogen) atoms. The molecule has 142 valence electrons. The van der Waals surface area contributed by atoms with E-state index in [1.54, 1.807) is 12.1 Å². The molecule has 0 amide bonds. The molecule has 1 N–H and O–H groups in total. The summed E-state index contributed by atoms with van der Waals surface area (Å²) < 4.78 is 39.5. The predicted octanol–water partition coefficient (Wildman–Crippen LogP) is 5.46. The molecular formula is C19H20Cl2F2O3. The maximum atomic E-state index is 15.1. The topological polar surface area (TPSA) is 38.7 Å². The van der Waals surface area contributed by atoms with Crippen molar-refractivity contribution in [1.82, 2.24) is 0 Å². The number of hydrogen-bond acceptors (Lipinski definition) is 3. The van der Waals surface area contributed by atoms with Crippen molar-refractivity contribution in [2.75, 3.05) is 13.9 Å². The molecule has 0 aliphatic heterocycles. The molecule has 0 unspecified atom stereocenters. The minimum atomic E-state index is -0.752. The first-order valence-electron chi connectivity index (χ1n) is 8.00. The molecule has 7 heteroatoms. The van der Waals surface area contributed by atoms with Crippen LogP contribution in [0.2, 0.25) is 10.0 Å². The van der Waals surface area contributed by atoms with E-state index in [1.165, 1.54) is 13.2 Å². The van der Waals surface area contributed by atoms with E-state index in [9.17, 15) is 4.39 Å². The van der Waals surface area contributed by atoms with Gasteiger partial charge in [-0.15, -0.1) is 0 Å². The molecule has 0 heterocycles. The van der Waals surface area contributed by atoms with Gasteiger partial charge in [-0.05, 0) is 29.2 Å². The Balaban J connectivity index is 2.48. The first-order chi connectivity index (χ1) is 12.3. The molecule has 2 aromatic rings. The molecule has 0 bridgehead atoms. The van der Waals surface area contributed by atoms with E-state index in [1.807, 2.05) is 13.8 Å². The van der Waals surface area contributed by atoms with E-state index in [-0.39, 0.29) is 40.3 Å². The van der Waals surface area contributed by atoms with Crippen LogP contribution in [0.3, 0.4) is 0 Å². The van der Waals surface area contributed by atoms with Gasteiger partial charge in [-0.3, -0.25) is 0 Å². The SMILES string of the molecule is COCOc1ccc(Cc2c(Cl)cc(CO)c(F)c2Cl)c(F)c1C(C)C. The predicted molar refractivity (Wildman–Crippen MR) is 98.1 cm³/mol. The molecule has 0 aliphatic carbocycles. The summed E-state index contributed by atoms with van der Waals surface area (Å²) in [5.74, 6) is -0.950. The van der Waals surface area contributed by atoms with Gasteiger partial charge in [0.05, 0.1) is 11.6 Å². The summed E-state index contributed by atoms with van der Waals surface area (Å²) in [5.41, 5.74) is 0.982. The summed E-state index contributed by atoms with van der Waals surface area (Å²) in [5, 5.41) is 9.11. The quantitative estimate of drug-likeness (QED) is 0.491. The van der Waals surface area contributed by atoms with Crippen molar-refractivity contribution in [3.05, 3.63) is 62.1 Å². The van der Waals surface area contributed by atoms with Crippen LogP contribution in [-0.2, 0) is 17.8 Å². The van der Waals surface area contributed by atoms with E-state index in [0.29, 0.717) is 16.9 Å². The monoisotopic (exact) mass is 404 g/mol. The molecule has 2 aromatic carbocycles. The average Bonchev–Trinajstić information content (AvgIpc) is 2.60. The van der Waals surface area contributed by atoms with E-state index < -0.39 is 18.2 Å². The molecular weight excluding hydrogens is 385 g/mol. The lowest BCUT2D eigenvalue weighted by Crippen LogP contribution is -2.07. The Bertz CT molecular complexity index is 795. The molecule has 0 aliphatic rings. The molecule has 0 fully saturated rings. The minimum absolute atomic E-state index is 0.00396. The summed E-state index contributed by atoms with van der Waals surface area (Å²) in [6.45, 7) is 3.17. The third-order valence-electron chi connectivity index (χ3n) is 4.00. The van der Waals surface area contributed by atoms with Gasteiger partial charge < -0.3 is 14.6 Å². The van der Waals surface area contributed by atoms with E-state index in [0.717, 1.165) is 0 Å². The highest BCUT2D eigenvalue weighted by Gasteiger charge is 2.21. The van der Waals surface area contributed by atoms with Crippen molar-refractivity contribution >= 4 is 23.2 Å². The van der Waals surface area contributed by atoms with Crippen LogP contribution in [0.4, 0.5) is 8.78 Å². The van der Waals surface area contributed by atoms with Gasteiger partial charge in [0.15, 0.2) is 6.79 Å². The van der Waals surface area contributed by atoms with Gasteiger partial charge >= 0.3 is 0 Å². The van der Waals surface area contributed by atoms with E-state index in [4.69, 9.17) is 37.8 Å². The minimum Gasteiger partial charge on any atom is -0.467 e. The first-order valence-corrected chi connectivity index (χ1v) is 8.76. The molecule has 0 saturated heterocycles. The van der Waals surface area contributed by atoms with Crippen molar-refractivity contribution in [3.63, 3.8) is 0 Å². The highest BCUT2D eigenvalue weighted by atomic mass is 35.5. The number of hydrogen-bond donors (Lipinski definition) is 1. The fourth-order valence-electron chi connectivity index (χ4n) is 2.69. The standard InChI is InChI=1S/C19H20Cl2F2O3/c1-10(2)16-15(26-9-25-3)5-4-11(18(16)22)6-13-14(20)7-12(8-24)19(23)17(13)21/h4-5,7,10,24H,6,8-9H2,1-3H3. The maximum Gasteiger partial charge on any atom is 0.188 e. The van der Waals surface area contributed by atoms with Crippen LogP contribution in [0.5, 0.6) is 5.75 Å². The van der Waals surface area contributed by atoms with Crippen molar-refractivity contribution in [2.24, 2.45) is 0 Å². The fourth-order valence-corrected chi connectivity index (χ4v) is 3.32.